The summed E-state index contributed by atoms with van der Waals surface area (Å²) in [5.74, 6) is 0.915. The highest BCUT2D eigenvalue weighted by molar-refractivity contribution is 5.96. The van der Waals surface area contributed by atoms with E-state index in [2.05, 4.69) is 42.5 Å². The van der Waals surface area contributed by atoms with Gasteiger partial charge < -0.3 is 15.5 Å². The topological polar surface area (TPSA) is 103 Å². The molecule has 49 heavy (non-hydrogen) atoms. The number of aromatic nitrogens is 3. The highest BCUT2D eigenvalue weighted by Gasteiger charge is 2.24. The lowest BCUT2D eigenvalue weighted by molar-refractivity contribution is 0.0906. The number of likely N-dealkylation sites (tertiary alicyclic amines) is 1. The smallest absolute Gasteiger partial charge is 0.251 e. The standard InChI is InChI=1S/C40H41N7O2/c48-39(32-7-1-5-30(23-32)34-9-3-17-41-26-34)44-36-13-19-46(20-14-36)28-29-11-12-38(43-25-29)47-21-15-37(16-22-47)45-40(49)33-8-2-6-31(24-33)35-10-4-18-42-27-35/h1-12,17-18,23-27,36-37H,13-16,19-22,28H2,(H,44,48)(H,45,49). The number of anilines is 1. The summed E-state index contributed by atoms with van der Waals surface area (Å²) in [4.78, 5) is 44.0. The zero-order chi connectivity index (χ0) is 33.4. The van der Waals surface area contributed by atoms with E-state index in [4.69, 9.17) is 4.98 Å². The van der Waals surface area contributed by atoms with Crippen molar-refractivity contribution in [2.45, 2.75) is 44.3 Å². The molecule has 0 saturated carbocycles. The summed E-state index contributed by atoms with van der Waals surface area (Å²) in [6.07, 6.45) is 12.7. The first-order valence-electron chi connectivity index (χ1n) is 17.1. The van der Waals surface area contributed by atoms with Crippen LogP contribution in [-0.2, 0) is 6.54 Å². The maximum atomic E-state index is 13.1. The van der Waals surface area contributed by atoms with E-state index in [1.807, 2.05) is 91.4 Å². The van der Waals surface area contributed by atoms with Gasteiger partial charge in [0.1, 0.15) is 5.82 Å². The van der Waals surface area contributed by atoms with Crippen molar-refractivity contribution in [1.82, 2.24) is 30.5 Å². The maximum Gasteiger partial charge on any atom is 0.251 e. The quantitative estimate of drug-likeness (QED) is 0.202. The van der Waals surface area contributed by atoms with Gasteiger partial charge in [-0.3, -0.25) is 24.5 Å². The third-order valence-corrected chi connectivity index (χ3v) is 9.53. The Bertz CT molecular complexity index is 1850. The summed E-state index contributed by atoms with van der Waals surface area (Å²) in [6.45, 7) is 4.39. The van der Waals surface area contributed by atoms with Crippen LogP contribution in [0, 0.1) is 0 Å². The summed E-state index contributed by atoms with van der Waals surface area (Å²) in [5.41, 5.74) is 6.49. The lowest BCUT2D eigenvalue weighted by Gasteiger charge is -2.34. The molecule has 248 valence electrons. The van der Waals surface area contributed by atoms with Crippen LogP contribution in [0.5, 0.6) is 0 Å². The fourth-order valence-electron chi connectivity index (χ4n) is 6.73. The van der Waals surface area contributed by atoms with Crippen molar-refractivity contribution in [3.05, 3.63) is 133 Å². The molecule has 0 aliphatic carbocycles. The monoisotopic (exact) mass is 651 g/mol. The second-order valence-electron chi connectivity index (χ2n) is 12.9. The molecular weight excluding hydrogens is 610 g/mol. The molecule has 2 saturated heterocycles. The third kappa shape index (κ3) is 8.18. The Morgan fingerprint density at radius 1 is 0.612 bits per heavy atom. The van der Waals surface area contributed by atoms with Gasteiger partial charge in [0.25, 0.3) is 11.8 Å². The maximum absolute atomic E-state index is 13.1. The number of amides is 2. The summed E-state index contributed by atoms with van der Waals surface area (Å²) < 4.78 is 0. The second kappa shape index (κ2) is 15.2. The van der Waals surface area contributed by atoms with Gasteiger partial charge in [0.05, 0.1) is 0 Å². The van der Waals surface area contributed by atoms with Crippen LogP contribution >= 0.6 is 0 Å². The number of rotatable bonds is 9. The molecule has 0 unspecified atom stereocenters. The minimum atomic E-state index is -0.0374. The van der Waals surface area contributed by atoms with Gasteiger partial charge in [-0.2, -0.15) is 0 Å². The Labute approximate surface area is 287 Å². The minimum Gasteiger partial charge on any atom is -0.356 e. The molecule has 0 bridgehead atoms. The van der Waals surface area contributed by atoms with Crippen LogP contribution in [-0.4, -0.2) is 69.9 Å². The van der Waals surface area contributed by atoms with Crippen molar-refractivity contribution in [2.75, 3.05) is 31.1 Å². The number of nitrogens with one attached hydrogen (secondary N) is 2. The Morgan fingerprint density at radius 2 is 1.14 bits per heavy atom. The highest BCUT2D eigenvalue weighted by atomic mass is 16.2. The molecule has 2 aromatic carbocycles. The van der Waals surface area contributed by atoms with Gasteiger partial charge in [-0.15, -0.1) is 0 Å². The number of benzene rings is 2. The molecular formula is C40H41N7O2. The Kier molecular flexibility index (Phi) is 9.98. The second-order valence-corrected chi connectivity index (χ2v) is 12.9. The molecule has 2 amide bonds. The number of piperidine rings is 2. The third-order valence-electron chi connectivity index (χ3n) is 9.53. The van der Waals surface area contributed by atoms with Crippen LogP contribution < -0.4 is 15.5 Å². The lowest BCUT2D eigenvalue weighted by Crippen LogP contribution is -2.45. The zero-order valence-electron chi connectivity index (χ0n) is 27.5. The van der Waals surface area contributed by atoms with Gasteiger partial charge >= 0.3 is 0 Å². The van der Waals surface area contributed by atoms with Gasteiger partial charge in [-0.1, -0.05) is 42.5 Å². The van der Waals surface area contributed by atoms with Gasteiger partial charge in [0.2, 0.25) is 0 Å². The van der Waals surface area contributed by atoms with Crippen LogP contribution in [0.15, 0.2) is 116 Å². The van der Waals surface area contributed by atoms with E-state index in [0.717, 1.165) is 86.5 Å². The van der Waals surface area contributed by atoms with Gasteiger partial charge in [-0.25, -0.2) is 4.98 Å². The molecule has 2 N–H and O–H groups in total. The van der Waals surface area contributed by atoms with Crippen molar-refractivity contribution < 1.29 is 9.59 Å². The Balaban J connectivity index is 0.842. The molecule has 7 rings (SSSR count). The van der Waals surface area contributed by atoms with E-state index in [1.165, 1.54) is 5.56 Å². The predicted octanol–water partition coefficient (Wildman–Crippen LogP) is 6.00. The van der Waals surface area contributed by atoms with Crippen LogP contribution in [0.4, 0.5) is 5.82 Å². The van der Waals surface area contributed by atoms with E-state index in [0.29, 0.717) is 11.1 Å². The number of nitrogens with zero attached hydrogens (tertiary/aromatic N) is 5. The molecule has 9 nitrogen and oxygen atoms in total. The minimum absolute atomic E-state index is 0.0260. The number of carbonyl (C=O) groups excluding carboxylic acids is 2. The van der Waals surface area contributed by atoms with Crippen molar-refractivity contribution in [3.8, 4) is 22.3 Å². The first kappa shape index (κ1) is 32.2. The van der Waals surface area contributed by atoms with E-state index in [9.17, 15) is 9.59 Å². The largest absolute Gasteiger partial charge is 0.356 e. The van der Waals surface area contributed by atoms with E-state index < -0.39 is 0 Å². The highest BCUT2D eigenvalue weighted by Crippen LogP contribution is 2.23. The van der Waals surface area contributed by atoms with Gasteiger partial charge in [0.15, 0.2) is 0 Å². The van der Waals surface area contributed by atoms with E-state index >= 15 is 0 Å². The number of hydrogen-bond donors (Lipinski definition) is 2. The van der Waals surface area contributed by atoms with Gasteiger partial charge in [0, 0.05) is 98.0 Å². The number of carbonyl (C=O) groups is 2. The molecule has 2 aliphatic rings. The zero-order valence-corrected chi connectivity index (χ0v) is 27.5. The first-order valence-corrected chi connectivity index (χ1v) is 17.1. The molecule has 3 aromatic heterocycles. The molecule has 2 fully saturated rings. The van der Waals surface area contributed by atoms with Crippen molar-refractivity contribution in [2.24, 2.45) is 0 Å². The van der Waals surface area contributed by atoms with Crippen molar-refractivity contribution in [1.29, 1.82) is 0 Å². The summed E-state index contributed by atoms with van der Waals surface area (Å²) >= 11 is 0. The van der Waals surface area contributed by atoms with Gasteiger partial charge in [-0.05, 0) is 84.8 Å². The average Bonchev–Trinajstić information content (AvgIpc) is 3.17. The summed E-state index contributed by atoms with van der Waals surface area (Å²) in [7, 11) is 0. The summed E-state index contributed by atoms with van der Waals surface area (Å²) in [5, 5.41) is 6.49. The Hall–Kier alpha value is -5.41. The SMILES string of the molecule is O=C(NC1CCN(Cc2ccc(N3CCC(NC(=O)c4cccc(-c5cccnc5)c4)CC3)nc2)CC1)c1cccc(-c2cccnc2)c1. The van der Waals surface area contributed by atoms with Crippen molar-refractivity contribution >= 4 is 17.6 Å². The van der Waals surface area contributed by atoms with E-state index in [1.54, 1.807) is 12.4 Å². The first-order chi connectivity index (χ1) is 24.1. The van der Waals surface area contributed by atoms with E-state index in [-0.39, 0.29) is 23.9 Å². The van der Waals surface area contributed by atoms with Crippen LogP contribution in [0.1, 0.15) is 52.0 Å². The summed E-state index contributed by atoms with van der Waals surface area (Å²) in [6, 6.07) is 27.8. The molecule has 2 aliphatic heterocycles. The normalized spacial score (nSPS) is 15.9. The van der Waals surface area contributed by atoms with Crippen LogP contribution in [0.3, 0.4) is 0 Å². The molecule has 9 heteroatoms. The van der Waals surface area contributed by atoms with Crippen LogP contribution in [0.25, 0.3) is 22.3 Å². The number of pyridine rings is 3. The molecule has 0 atom stereocenters. The molecule has 5 aromatic rings. The molecule has 0 spiro atoms. The molecule has 5 heterocycles. The molecule has 0 radical (unpaired) electrons. The average molecular weight is 652 g/mol. The lowest BCUT2D eigenvalue weighted by atomic mass is 10.0. The van der Waals surface area contributed by atoms with Crippen LogP contribution in [0.2, 0.25) is 0 Å². The predicted molar refractivity (Wildman–Crippen MR) is 192 cm³/mol. The van der Waals surface area contributed by atoms with Crippen molar-refractivity contribution in [3.63, 3.8) is 0 Å². The fourth-order valence-corrected chi connectivity index (χ4v) is 6.73. The fraction of sp³-hybridized carbons (Fsp3) is 0.275. The Morgan fingerprint density at radius 3 is 1.63 bits per heavy atom. The number of hydrogen-bond acceptors (Lipinski definition) is 7.